The van der Waals surface area contributed by atoms with Crippen LogP contribution < -0.4 is 0 Å². The lowest BCUT2D eigenvalue weighted by Crippen LogP contribution is -2.18. The number of fused-ring (bicyclic) bond motifs is 1. The molecule has 1 fully saturated rings. The molecule has 0 aliphatic heterocycles. The molecule has 1 saturated carbocycles. The van der Waals surface area contributed by atoms with E-state index in [1.165, 1.54) is 24.8 Å². The van der Waals surface area contributed by atoms with Crippen LogP contribution in [-0.2, 0) is 55.0 Å². The Morgan fingerprint density at radius 3 is 1.69 bits per heavy atom. The van der Waals surface area contributed by atoms with Crippen molar-refractivity contribution in [3.8, 4) is 0 Å². The molecule has 0 bridgehead atoms. The summed E-state index contributed by atoms with van der Waals surface area (Å²) >= 11 is 0. The SMILES string of the molecule is C.C.C.C.C.C.CCC(=NOS(=O)(=O)c1ccc(C(C)CC)cc1)C1CCCCC1.CCC(C)(C)c1ccc(S(=O)(=O)ON=C2CCCc3ccccc32)cc1C.CCC(C)c1ccc(S(=O)(=O)ON=C(C)c2ccccc2)c(C)c1. The molecule has 15 heteroatoms. The molecule has 12 nitrogen and oxygen atoms in total. The van der Waals surface area contributed by atoms with Crippen molar-refractivity contribution in [1.29, 1.82) is 0 Å². The van der Waals surface area contributed by atoms with Gasteiger partial charge in [0.1, 0.15) is 14.7 Å². The van der Waals surface area contributed by atoms with E-state index in [0.29, 0.717) is 34.7 Å². The van der Waals surface area contributed by atoms with Crippen molar-refractivity contribution < 1.29 is 38.1 Å². The molecular formula is C66H103N3O9S3. The Morgan fingerprint density at radius 1 is 0.580 bits per heavy atom. The average Bonchev–Trinajstić information content (AvgIpc) is 3.43. The van der Waals surface area contributed by atoms with Gasteiger partial charge in [-0.2, -0.15) is 25.3 Å². The molecular weight excluding hydrogens is 1070 g/mol. The minimum atomic E-state index is -3.94. The number of rotatable bonds is 18. The normalized spacial score (nSPS) is 14.9. The third-order valence-electron chi connectivity index (χ3n) is 14.7. The molecule has 454 valence electrons. The van der Waals surface area contributed by atoms with Gasteiger partial charge in [0.2, 0.25) is 0 Å². The molecule has 2 aliphatic rings. The summed E-state index contributed by atoms with van der Waals surface area (Å²) in [7, 11) is -11.7. The molecule has 5 aromatic rings. The van der Waals surface area contributed by atoms with Gasteiger partial charge in [-0.1, -0.05) is 220 Å². The second-order valence-corrected chi connectivity index (χ2v) is 24.9. The van der Waals surface area contributed by atoms with Crippen molar-refractivity contribution in [2.45, 2.75) is 230 Å². The fraction of sp³-hybridized carbons (Fsp3) is 0.500. The summed E-state index contributed by atoms with van der Waals surface area (Å²) in [5, 5.41) is 11.8. The Morgan fingerprint density at radius 2 is 1.12 bits per heavy atom. The van der Waals surface area contributed by atoms with Crippen LogP contribution in [-0.4, -0.2) is 42.4 Å². The van der Waals surface area contributed by atoms with Gasteiger partial charge in [0.15, 0.2) is 0 Å². The van der Waals surface area contributed by atoms with Gasteiger partial charge in [-0.15, -0.1) is 0 Å². The lowest BCUT2D eigenvalue weighted by Gasteiger charge is -2.25. The van der Waals surface area contributed by atoms with Gasteiger partial charge >= 0.3 is 30.4 Å². The predicted molar refractivity (Wildman–Crippen MR) is 344 cm³/mol. The molecule has 0 N–H and O–H groups in total. The largest absolute Gasteiger partial charge is 0.358 e. The third-order valence-corrected chi connectivity index (χ3v) is 18.2. The number of hydrogen-bond acceptors (Lipinski definition) is 12. The topological polar surface area (TPSA) is 167 Å². The maximum atomic E-state index is 12.6. The smallest absolute Gasteiger partial charge is 0.265 e. The van der Waals surface area contributed by atoms with Gasteiger partial charge < -0.3 is 0 Å². The first kappa shape index (κ1) is 77.4. The van der Waals surface area contributed by atoms with E-state index in [2.05, 4.69) is 70.0 Å². The molecule has 2 aliphatic carbocycles. The number of benzene rings is 5. The second kappa shape index (κ2) is 35.4. The van der Waals surface area contributed by atoms with Crippen LogP contribution >= 0.6 is 0 Å². The van der Waals surface area contributed by atoms with Crippen LogP contribution in [0.1, 0.15) is 234 Å². The van der Waals surface area contributed by atoms with Crippen molar-refractivity contribution in [3.05, 3.63) is 160 Å². The average molecular weight is 1180 g/mol. The molecule has 0 spiro atoms. The summed E-state index contributed by atoms with van der Waals surface area (Å²) in [5.74, 6) is 1.17. The Kier molecular flexibility index (Phi) is 33.8. The minimum absolute atomic E-state index is 0. The summed E-state index contributed by atoms with van der Waals surface area (Å²) in [6.45, 7) is 22.3. The highest BCUT2D eigenvalue weighted by Gasteiger charge is 2.26. The number of aryl methyl sites for hydroxylation is 3. The third kappa shape index (κ3) is 21.6. The number of nitrogens with zero attached hydrogens (tertiary/aromatic N) is 3. The van der Waals surface area contributed by atoms with Crippen LogP contribution in [0.15, 0.2) is 145 Å². The number of oxime groups is 3. The van der Waals surface area contributed by atoms with Crippen molar-refractivity contribution in [2.24, 2.45) is 21.4 Å². The van der Waals surface area contributed by atoms with E-state index in [1.54, 1.807) is 44.2 Å². The van der Waals surface area contributed by atoms with Gasteiger partial charge in [-0.05, 0) is 165 Å². The zero-order chi connectivity index (χ0) is 55.0. The van der Waals surface area contributed by atoms with Crippen molar-refractivity contribution >= 4 is 47.5 Å². The van der Waals surface area contributed by atoms with Crippen molar-refractivity contribution in [1.82, 2.24) is 0 Å². The summed E-state index contributed by atoms with van der Waals surface area (Å²) in [4.78, 5) is 0.459. The zero-order valence-corrected chi connectivity index (χ0v) is 48.4. The van der Waals surface area contributed by atoms with Gasteiger partial charge in [-0.25, -0.2) is 0 Å². The zero-order valence-electron chi connectivity index (χ0n) is 45.9. The summed E-state index contributed by atoms with van der Waals surface area (Å²) in [6, 6.07) is 34.7. The monoisotopic (exact) mass is 1180 g/mol. The lowest BCUT2D eigenvalue weighted by atomic mass is 9.80. The van der Waals surface area contributed by atoms with Gasteiger partial charge in [-0.3, -0.25) is 12.9 Å². The van der Waals surface area contributed by atoms with Crippen LogP contribution in [0.4, 0.5) is 0 Å². The molecule has 2 unspecified atom stereocenters. The second-order valence-electron chi connectivity index (χ2n) is 20.4. The predicted octanol–water partition coefficient (Wildman–Crippen LogP) is 18.8. The van der Waals surface area contributed by atoms with Gasteiger partial charge in [0, 0.05) is 11.5 Å². The molecule has 7 rings (SSSR count). The first-order valence-electron chi connectivity index (χ1n) is 26.5. The highest BCUT2D eigenvalue weighted by molar-refractivity contribution is 7.87. The first-order valence-corrected chi connectivity index (χ1v) is 30.7. The fourth-order valence-corrected chi connectivity index (χ4v) is 11.7. The van der Waals surface area contributed by atoms with Crippen LogP contribution in [0, 0.1) is 19.8 Å². The molecule has 2 atom stereocenters. The van der Waals surface area contributed by atoms with Crippen molar-refractivity contribution in [2.75, 3.05) is 0 Å². The molecule has 81 heavy (non-hydrogen) atoms. The van der Waals surface area contributed by atoms with E-state index >= 15 is 0 Å². The Bertz CT molecular complexity index is 3110. The van der Waals surface area contributed by atoms with Gasteiger partial charge in [0.05, 0.1) is 17.1 Å². The quantitative estimate of drug-likeness (QED) is 0.0612. The van der Waals surface area contributed by atoms with Gasteiger partial charge in [0.25, 0.3) is 0 Å². The van der Waals surface area contributed by atoms with Crippen LogP contribution in [0.5, 0.6) is 0 Å². The van der Waals surface area contributed by atoms with E-state index in [0.717, 1.165) is 96.9 Å². The standard InChI is InChI=1S/C22H27NO3S.C19H23NO3S.C19H29NO3S.6CH4/c1-5-22(3,4)20-14-13-18(15-16(20)2)27(24,25)26-23-21-12-8-10-17-9-6-7-11-19(17)21;1-5-14(2)18-11-12-19(15(3)13-18)24(21,22)23-20-16(4)17-9-7-6-8-10-17;1-4-15(3)16-11-13-18(14-12-16)24(21,22)23-20-19(5-2)17-9-7-6-8-10-17;;;;;;/h6-7,9,11,13-15H,5,8,10,12H2,1-4H3;6-14H,5H2,1-4H3;11-15,17H,4-10H2,1-3H3;6*1H4. The maximum absolute atomic E-state index is 12.6. The fourth-order valence-electron chi connectivity index (χ4n) is 9.15. The summed E-state index contributed by atoms with van der Waals surface area (Å²) in [6.07, 6.45) is 12.2. The molecule has 0 amide bonds. The minimum Gasteiger partial charge on any atom is -0.265 e. The summed E-state index contributed by atoms with van der Waals surface area (Å²) in [5.41, 5.74) is 10.1. The van der Waals surface area contributed by atoms with E-state index in [1.807, 2.05) is 92.7 Å². The summed E-state index contributed by atoms with van der Waals surface area (Å²) < 4.78 is 89.8. The molecule has 0 saturated heterocycles. The highest BCUT2D eigenvalue weighted by atomic mass is 32.2. The lowest BCUT2D eigenvalue weighted by molar-refractivity contribution is 0.328. The van der Waals surface area contributed by atoms with Crippen LogP contribution in [0.25, 0.3) is 0 Å². The highest BCUT2D eigenvalue weighted by Crippen LogP contribution is 2.32. The van der Waals surface area contributed by atoms with E-state index < -0.39 is 30.4 Å². The molecule has 0 radical (unpaired) electrons. The Balaban J connectivity index is 0. The van der Waals surface area contributed by atoms with E-state index in [4.69, 9.17) is 12.9 Å². The van der Waals surface area contributed by atoms with Crippen LogP contribution in [0.3, 0.4) is 0 Å². The van der Waals surface area contributed by atoms with E-state index in [-0.39, 0.29) is 64.7 Å². The first-order chi connectivity index (χ1) is 35.6. The Hall–Kier alpha value is -5.64. The molecule has 5 aromatic carbocycles. The van der Waals surface area contributed by atoms with Crippen LogP contribution in [0.2, 0.25) is 0 Å². The van der Waals surface area contributed by atoms with E-state index in [9.17, 15) is 25.3 Å². The van der Waals surface area contributed by atoms with Crippen molar-refractivity contribution in [3.63, 3.8) is 0 Å². The molecule has 0 aromatic heterocycles. The maximum Gasteiger partial charge on any atom is 0.358 e. The number of hydrogen-bond donors (Lipinski definition) is 0. The Labute approximate surface area is 493 Å². The molecule has 0 heterocycles.